The van der Waals surface area contributed by atoms with E-state index in [2.05, 4.69) is 43.4 Å². The zero-order chi connectivity index (χ0) is 14.2. The summed E-state index contributed by atoms with van der Waals surface area (Å²) >= 11 is 0. The molecule has 1 saturated heterocycles. The third-order valence-corrected chi connectivity index (χ3v) is 4.22. The highest BCUT2D eigenvalue weighted by atomic mass is 15.3. The smallest absolute Gasteiger partial charge is 0.227 e. The molecule has 1 aliphatic carbocycles. The van der Waals surface area contributed by atoms with Gasteiger partial charge in [-0.05, 0) is 31.2 Å². The van der Waals surface area contributed by atoms with Crippen LogP contribution in [0.4, 0.5) is 17.6 Å². The standard InChI is InChI=1S/C15H20N6/c1-10-5-7-21(9-10)15-16-6-4-13(18-15)17-14-8-12(19-20-14)11-2-3-11/h4,6,8,10-11H,2-3,5,7,9H2,1H3,(H2,16,17,18,19,20). The summed E-state index contributed by atoms with van der Waals surface area (Å²) in [6.45, 7) is 4.35. The second-order valence-corrected chi connectivity index (χ2v) is 6.19. The van der Waals surface area contributed by atoms with E-state index in [0.29, 0.717) is 5.92 Å². The van der Waals surface area contributed by atoms with Crippen molar-refractivity contribution in [3.8, 4) is 0 Å². The zero-order valence-corrected chi connectivity index (χ0v) is 12.2. The molecule has 0 amide bonds. The molecule has 2 aliphatic rings. The molecule has 1 unspecified atom stereocenters. The molecule has 1 aliphatic heterocycles. The average Bonchev–Trinajstić information content (AvgIpc) is 3.09. The van der Waals surface area contributed by atoms with Gasteiger partial charge in [0.25, 0.3) is 0 Å². The summed E-state index contributed by atoms with van der Waals surface area (Å²) in [6.07, 6.45) is 5.56. The number of rotatable bonds is 4. The molecule has 6 heteroatoms. The molecule has 0 aromatic carbocycles. The molecule has 1 atom stereocenters. The van der Waals surface area contributed by atoms with Gasteiger partial charge in [-0.2, -0.15) is 10.1 Å². The number of hydrogen-bond donors (Lipinski definition) is 2. The van der Waals surface area contributed by atoms with Gasteiger partial charge in [0.15, 0.2) is 5.82 Å². The minimum atomic E-state index is 0.681. The Hall–Kier alpha value is -2.11. The number of H-pyrrole nitrogens is 1. The Labute approximate surface area is 124 Å². The topological polar surface area (TPSA) is 69.7 Å². The number of nitrogens with one attached hydrogen (secondary N) is 2. The highest BCUT2D eigenvalue weighted by Crippen LogP contribution is 2.39. The predicted molar refractivity (Wildman–Crippen MR) is 81.9 cm³/mol. The van der Waals surface area contributed by atoms with Crippen LogP contribution < -0.4 is 10.2 Å². The highest BCUT2D eigenvalue weighted by Gasteiger charge is 2.25. The maximum absolute atomic E-state index is 4.60. The third kappa shape index (κ3) is 2.70. The quantitative estimate of drug-likeness (QED) is 0.903. The van der Waals surface area contributed by atoms with Gasteiger partial charge in [0.05, 0.1) is 0 Å². The number of aromatic amines is 1. The van der Waals surface area contributed by atoms with Gasteiger partial charge >= 0.3 is 0 Å². The number of nitrogens with zero attached hydrogens (tertiary/aromatic N) is 4. The lowest BCUT2D eigenvalue weighted by molar-refractivity contribution is 0.658. The first kappa shape index (κ1) is 12.6. The molecule has 0 radical (unpaired) electrons. The lowest BCUT2D eigenvalue weighted by atomic mass is 10.2. The van der Waals surface area contributed by atoms with Crippen LogP contribution in [0.5, 0.6) is 0 Å². The molecule has 110 valence electrons. The Balaban J connectivity index is 1.49. The molecule has 0 spiro atoms. The van der Waals surface area contributed by atoms with Gasteiger partial charge in [0.2, 0.25) is 5.95 Å². The Bertz CT molecular complexity index is 633. The van der Waals surface area contributed by atoms with Crippen molar-refractivity contribution in [2.75, 3.05) is 23.3 Å². The van der Waals surface area contributed by atoms with E-state index in [9.17, 15) is 0 Å². The van der Waals surface area contributed by atoms with Crippen LogP contribution in [0.15, 0.2) is 18.3 Å². The first-order valence-electron chi connectivity index (χ1n) is 7.68. The molecule has 2 aromatic rings. The van der Waals surface area contributed by atoms with Crippen molar-refractivity contribution in [3.63, 3.8) is 0 Å². The average molecular weight is 284 g/mol. The van der Waals surface area contributed by atoms with Crippen LogP contribution >= 0.6 is 0 Å². The summed E-state index contributed by atoms with van der Waals surface area (Å²) in [6, 6.07) is 3.96. The number of anilines is 3. The van der Waals surface area contributed by atoms with Gasteiger partial charge in [-0.3, -0.25) is 5.10 Å². The van der Waals surface area contributed by atoms with Crippen LogP contribution in [0, 0.1) is 5.92 Å². The molecule has 2 aromatic heterocycles. The van der Waals surface area contributed by atoms with Gasteiger partial charge in [-0.1, -0.05) is 6.92 Å². The third-order valence-electron chi connectivity index (χ3n) is 4.22. The molecule has 21 heavy (non-hydrogen) atoms. The number of hydrogen-bond acceptors (Lipinski definition) is 5. The van der Waals surface area contributed by atoms with E-state index in [4.69, 9.17) is 0 Å². The van der Waals surface area contributed by atoms with Crippen LogP contribution in [0.25, 0.3) is 0 Å². The van der Waals surface area contributed by atoms with Gasteiger partial charge < -0.3 is 10.2 Å². The van der Waals surface area contributed by atoms with Crippen molar-refractivity contribution in [2.45, 2.75) is 32.1 Å². The molecule has 0 bridgehead atoms. The number of aromatic nitrogens is 4. The zero-order valence-electron chi connectivity index (χ0n) is 12.2. The van der Waals surface area contributed by atoms with Crippen molar-refractivity contribution in [1.82, 2.24) is 20.2 Å². The second-order valence-electron chi connectivity index (χ2n) is 6.19. The van der Waals surface area contributed by atoms with E-state index in [1.54, 1.807) is 0 Å². The molecule has 6 nitrogen and oxygen atoms in total. The Kier molecular flexibility index (Phi) is 3.02. The van der Waals surface area contributed by atoms with Gasteiger partial charge in [-0.25, -0.2) is 4.98 Å². The van der Waals surface area contributed by atoms with E-state index in [1.807, 2.05) is 12.3 Å². The molecule has 4 rings (SSSR count). The Morgan fingerprint density at radius 2 is 2.19 bits per heavy atom. The summed E-state index contributed by atoms with van der Waals surface area (Å²) < 4.78 is 0. The summed E-state index contributed by atoms with van der Waals surface area (Å²) in [5.74, 6) is 3.84. The molecular weight excluding hydrogens is 264 g/mol. The Morgan fingerprint density at radius 3 is 2.95 bits per heavy atom. The summed E-state index contributed by atoms with van der Waals surface area (Å²) in [5.41, 5.74) is 1.22. The van der Waals surface area contributed by atoms with Crippen molar-refractivity contribution < 1.29 is 0 Å². The van der Waals surface area contributed by atoms with E-state index < -0.39 is 0 Å². The van der Waals surface area contributed by atoms with Crippen molar-refractivity contribution in [3.05, 3.63) is 24.0 Å². The van der Waals surface area contributed by atoms with E-state index >= 15 is 0 Å². The van der Waals surface area contributed by atoms with Crippen LogP contribution in [-0.4, -0.2) is 33.3 Å². The monoisotopic (exact) mass is 284 g/mol. The van der Waals surface area contributed by atoms with Gasteiger partial charge in [-0.15, -0.1) is 0 Å². The van der Waals surface area contributed by atoms with Crippen LogP contribution in [0.3, 0.4) is 0 Å². The van der Waals surface area contributed by atoms with E-state index in [0.717, 1.165) is 36.6 Å². The lowest BCUT2D eigenvalue weighted by Crippen LogP contribution is -2.21. The van der Waals surface area contributed by atoms with Crippen molar-refractivity contribution in [1.29, 1.82) is 0 Å². The first-order valence-corrected chi connectivity index (χ1v) is 7.68. The van der Waals surface area contributed by atoms with Crippen molar-refractivity contribution in [2.24, 2.45) is 5.92 Å². The Morgan fingerprint density at radius 1 is 1.29 bits per heavy atom. The minimum absolute atomic E-state index is 0.681. The molecule has 3 heterocycles. The molecule has 2 fully saturated rings. The summed E-state index contributed by atoms with van der Waals surface area (Å²) in [4.78, 5) is 11.2. The van der Waals surface area contributed by atoms with Crippen molar-refractivity contribution >= 4 is 17.6 Å². The normalized spacial score (nSPS) is 21.8. The molecular formula is C15H20N6. The maximum atomic E-state index is 4.60. The van der Waals surface area contributed by atoms with Crippen LogP contribution in [0.1, 0.15) is 37.8 Å². The second kappa shape index (κ2) is 5.02. The van der Waals surface area contributed by atoms with E-state index in [-0.39, 0.29) is 0 Å². The summed E-state index contributed by atoms with van der Waals surface area (Å²) in [7, 11) is 0. The maximum Gasteiger partial charge on any atom is 0.227 e. The van der Waals surface area contributed by atoms with E-state index in [1.165, 1.54) is 25.0 Å². The highest BCUT2D eigenvalue weighted by molar-refractivity contribution is 5.53. The van der Waals surface area contributed by atoms with Gasteiger partial charge in [0.1, 0.15) is 5.82 Å². The molecule has 1 saturated carbocycles. The minimum Gasteiger partial charge on any atom is -0.340 e. The largest absolute Gasteiger partial charge is 0.340 e. The predicted octanol–water partition coefficient (Wildman–Crippen LogP) is 2.67. The fourth-order valence-electron chi connectivity index (χ4n) is 2.82. The summed E-state index contributed by atoms with van der Waals surface area (Å²) in [5, 5.41) is 10.7. The van der Waals surface area contributed by atoms with Crippen LogP contribution in [0.2, 0.25) is 0 Å². The van der Waals surface area contributed by atoms with Gasteiger partial charge in [0, 0.05) is 37.0 Å². The lowest BCUT2D eigenvalue weighted by Gasteiger charge is -2.16. The first-order chi connectivity index (χ1) is 10.3. The molecule has 2 N–H and O–H groups in total. The fourth-order valence-corrected chi connectivity index (χ4v) is 2.82. The fraction of sp³-hybridized carbons (Fsp3) is 0.533. The van der Waals surface area contributed by atoms with Crippen LogP contribution in [-0.2, 0) is 0 Å². The SMILES string of the molecule is CC1CCN(c2nccc(Nc3cc(C4CC4)[nH]n3)n2)C1.